The molecule has 0 saturated carbocycles. The average molecular weight is 296 g/mol. The normalized spacial score (nSPS) is 24.1. The number of nitrogens with one attached hydrogen (secondary N) is 1. The second kappa shape index (κ2) is 6.93. The van der Waals surface area contributed by atoms with Crippen LogP contribution in [0.1, 0.15) is 49.4 Å². The molecular weight excluding hydrogens is 270 g/mol. The largest absolute Gasteiger partial charge is 0.378 e. The van der Waals surface area contributed by atoms with Crippen molar-refractivity contribution in [1.82, 2.24) is 5.32 Å². The number of ether oxygens (including phenoxy) is 1. The van der Waals surface area contributed by atoms with Crippen molar-refractivity contribution in [2.45, 2.75) is 52.7 Å². The van der Waals surface area contributed by atoms with Crippen LogP contribution in [-0.4, -0.2) is 19.3 Å². The van der Waals surface area contributed by atoms with Gasteiger partial charge in [-0.25, -0.2) is 0 Å². The molecule has 1 aliphatic heterocycles. The van der Waals surface area contributed by atoms with Crippen LogP contribution in [0.4, 0.5) is 0 Å². The van der Waals surface area contributed by atoms with E-state index in [1.165, 1.54) is 16.7 Å². The van der Waals surface area contributed by atoms with Gasteiger partial charge in [0.1, 0.15) is 0 Å². The summed E-state index contributed by atoms with van der Waals surface area (Å²) in [6.07, 6.45) is 2.52. The van der Waals surface area contributed by atoms with E-state index in [1.807, 2.05) is 0 Å². The molecule has 1 fully saturated rings. The van der Waals surface area contributed by atoms with Crippen LogP contribution in [0.25, 0.3) is 0 Å². The molecule has 20 heavy (non-hydrogen) atoms. The molecule has 1 heterocycles. The highest BCUT2D eigenvalue weighted by atomic mass is 35.5. The van der Waals surface area contributed by atoms with E-state index >= 15 is 0 Å². The Hall–Kier alpha value is -0.570. The Morgan fingerprint density at radius 3 is 2.65 bits per heavy atom. The Kier molecular flexibility index (Phi) is 5.48. The van der Waals surface area contributed by atoms with Gasteiger partial charge in [-0.2, -0.15) is 0 Å². The highest BCUT2D eigenvalue weighted by Crippen LogP contribution is 2.38. The maximum Gasteiger partial charge on any atom is 0.0619 e. The van der Waals surface area contributed by atoms with E-state index in [0.29, 0.717) is 18.1 Å². The van der Waals surface area contributed by atoms with Gasteiger partial charge in [-0.15, -0.1) is 0 Å². The van der Waals surface area contributed by atoms with Crippen molar-refractivity contribution in [2.24, 2.45) is 5.92 Å². The third-order valence-electron chi connectivity index (χ3n) is 4.46. The lowest BCUT2D eigenvalue weighted by Gasteiger charge is -2.29. The Balaban J connectivity index is 2.35. The third kappa shape index (κ3) is 3.19. The quantitative estimate of drug-likeness (QED) is 0.868. The Bertz CT molecular complexity index is 461. The molecule has 1 aromatic rings. The molecule has 3 unspecified atom stereocenters. The fraction of sp³-hybridized carbons (Fsp3) is 0.647. The zero-order chi connectivity index (χ0) is 14.7. The molecule has 3 heteroatoms. The first-order valence-electron chi connectivity index (χ1n) is 7.70. The summed E-state index contributed by atoms with van der Waals surface area (Å²) in [5.41, 5.74) is 3.79. The minimum Gasteiger partial charge on any atom is -0.378 e. The van der Waals surface area contributed by atoms with Gasteiger partial charge in [0.05, 0.1) is 6.10 Å². The number of aryl methyl sites for hydroxylation is 2. The van der Waals surface area contributed by atoms with E-state index in [9.17, 15) is 0 Å². The summed E-state index contributed by atoms with van der Waals surface area (Å²) in [6, 6.07) is 4.63. The monoisotopic (exact) mass is 295 g/mol. The summed E-state index contributed by atoms with van der Waals surface area (Å²) in [5, 5.41) is 4.50. The fourth-order valence-corrected chi connectivity index (χ4v) is 3.56. The van der Waals surface area contributed by atoms with Crippen molar-refractivity contribution in [3.05, 3.63) is 33.8 Å². The zero-order valence-corrected chi connectivity index (χ0v) is 13.8. The topological polar surface area (TPSA) is 21.3 Å². The standard InChI is InChI=1S/C17H26ClNO/c1-5-16-13(7-8-20-16)17(19-6-2)14-9-11(3)12(4)10-15(14)18/h9-10,13,16-17,19H,5-8H2,1-4H3. The fourth-order valence-electron chi connectivity index (χ4n) is 3.22. The number of halogens is 1. The van der Waals surface area contributed by atoms with E-state index in [4.69, 9.17) is 16.3 Å². The molecule has 1 aliphatic rings. The van der Waals surface area contributed by atoms with Gasteiger partial charge < -0.3 is 10.1 Å². The smallest absolute Gasteiger partial charge is 0.0619 e. The van der Waals surface area contributed by atoms with Crippen molar-refractivity contribution < 1.29 is 4.74 Å². The molecule has 0 amide bonds. The number of hydrogen-bond donors (Lipinski definition) is 1. The van der Waals surface area contributed by atoms with Gasteiger partial charge >= 0.3 is 0 Å². The van der Waals surface area contributed by atoms with Crippen molar-refractivity contribution in [3.63, 3.8) is 0 Å². The second-order valence-electron chi connectivity index (χ2n) is 5.76. The van der Waals surface area contributed by atoms with E-state index < -0.39 is 0 Å². The van der Waals surface area contributed by atoms with Gasteiger partial charge in [0.2, 0.25) is 0 Å². The first kappa shape index (κ1) is 15.8. The Labute approximate surface area is 127 Å². The van der Waals surface area contributed by atoms with Crippen molar-refractivity contribution in [1.29, 1.82) is 0 Å². The van der Waals surface area contributed by atoms with Gasteiger partial charge in [-0.3, -0.25) is 0 Å². The average Bonchev–Trinajstić information content (AvgIpc) is 2.88. The lowest BCUT2D eigenvalue weighted by molar-refractivity contribution is 0.0776. The first-order valence-corrected chi connectivity index (χ1v) is 8.07. The van der Waals surface area contributed by atoms with Crippen LogP contribution in [0.15, 0.2) is 12.1 Å². The van der Waals surface area contributed by atoms with Crippen LogP contribution >= 0.6 is 11.6 Å². The van der Waals surface area contributed by atoms with Crippen molar-refractivity contribution in [2.75, 3.05) is 13.2 Å². The molecule has 0 aliphatic carbocycles. The molecule has 1 N–H and O–H groups in total. The maximum absolute atomic E-state index is 6.52. The SMILES string of the molecule is CCNC(c1cc(C)c(C)cc1Cl)C1CCOC1CC. The number of rotatable bonds is 5. The molecule has 0 spiro atoms. The van der Waals surface area contributed by atoms with Gasteiger partial charge in [-0.1, -0.05) is 31.5 Å². The first-order chi connectivity index (χ1) is 9.58. The summed E-state index contributed by atoms with van der Waals surface area (Å²) < 4.78 is 5.87. The highest BCUT2D eigenvalue weighted by Gasteiger charge is 2.35. The summed E-state index contributed by atoms with van der Waals surface area (Å²) in [4.78, 5) is 0. The van der Waals surface area contributed by atoms with Crippen LogP contribution in [0, 0.1) is 19.8 Å². The molecule has 2 nitrogen and oxygen atoms in total. The Morgan fingerprint density at radius 2 is 2.00 bits per heavy atom. The molecule has 0 radical (unpaired) electrons. The van der Waals surface area contributed by atoms with Gasteiger partial charge in [0.15, 0.2) is 0 Å². The lowest BCUT2D eigenvalue weighted by atomic mass is 9.85. The second-order valence-corrected chi connectivity index (χ2v) is 6.17. The van der Waals surface area contributed by atoms with E-state index in [0.717, 1.165) is 31.0 Å². The van der Waals surface area contributed by atoms with E-state index in [1.54, 1.807) is 0 Å². The molecule has 1 saturated heterocycles. The summed E-state index contributed by atoms with van der Waals surface area (Å²) >= 11 is 6.52. The summed E-state index contributed by atoms with van der Waals surface area (Å²) in [6.45, 7) is 10.4. The van der Waals surface area contributed by atoms with Crippen molar-refractivity contribution >= 4 is 11.6 Å². The zero-order valence-electron chi connectivity index (χ0n) is 13.0. The van der Waals surface area contributed by atoms with Crippen molar-refractivity contribution in [3.8, 4) is 0 Å². The van der Waals surface area contributed by atoms with Crippen LogP contribution in [0.3, 0.4) is 0 Å². The minimum absolute atomic E-state index is 0.291. The minimum atomic E-state index is 0.291. The van der Waals surface area contributed by atoms with Gasteiger partial charge in [0.25, 0.3) is 0 Å². The molecule has 0 bridgehead atoms. The maximum atomic E-state index is 6.52. The van der Waals surface area contributed by atoms with Crippen LogP contribution < -0.4 is 5.32 Å². The molecule has 2 rings (SSSR count). The number of hydrogen-bond acceptors (Lipinski definition) is 2. The molecular formula is C17H26ClNO. The molecule has 112 valence electrons. The predicted molar refractivity (Wildman–Crippen MR) is 85.5 cm³/mol. The van der Waals surface area contributed by atoms with Crippen LogP contribution in [-0.2, 0) is 4.74 Å². The van der Waals surface area contributed by atoms with Gasteiger partial charge in [-0.05, 0) is 56.0 Å². The third-order valence-corrected chi connectivity index (χ3v) is 4.79. The van der Waals surface area contributed by atoms with Gasteiger partial charge in [0, 0.05) is 23.6 Å². The Morgan fingerprint density at radius 1 is 1.30 bits per heavy atom. The highest BCUT2D eigenvalue weighted by molar-refractivity contribution is 6.31. The van der Waals surface area contributed by atoms with Crippen LogP contribution in [0.5, 0.6) is 0 Å². The molecule has 3 atom stereocenters. The van der Waals surface area contributed by atoms with E-state index in [-0.39, 0.29) is 0 Å². The molecule has 0 aromatic heterocycles. The predicted octanol–water partition coefficient (Wildman–Crippen LogP) is 4.42. The summed E-state index contributed by atoms with van der Waals surface area (Å²) in [7, 11) is 0. The number of benzene rings is 1. The molecule has 1 aromatic carbocycles. The van der Waals surface area contributed by atoms with E-state index in [2.05, 4.69) is 45.1 Å². The lowest BCUT2D eigenvalue weighted by Crippen LogP contribution is -2.33. The summed E-state index contributed by atoms with van der Waals surface area (Å²) in [5.74, 6) is 0.513. The van der Waals surface area contributed by atoms with Crippen LogP contribution in [0.2, 0.25) is 5.02 Å².